The number of carbonyl (C=O) groups excluding carboxylic acids is 1. The van der Waals surface area contributed by atoms with Crippen molar-refractivity contribution in [2.75, 3.05) is 11.9 Å². The Balaban J connectivity index is 1.85. The number of anilines is 1. The Bertz CT molecular complexity index is 587. The molecule has 2 N–H and O–H groups in total. The van der Waals surface area contributed by atoms with Crippen LogP contribution in [0.2, 0.25) is 0 Å². The molecule has 0 unspecified atom stereocenters. The number of nitrogens with zero attached hydrogens (tertiary/aromatic N) is 1. The maximum Gasteiger partial charge on any atom is 0.319 e. The largest absolute Gasteiger partial charge is 0.338 e. The maximum atomic E-state index is 11.8. The molecule has 1 aromatic rings. The SMILES string of the molecule is Cc1cc(=O)n(C)cc1NC(=O)NCCC1=CCCC1. The molecule has 0 bridgehead atoms. The summed E-state index contributed by atoms with van der Waals surface area (Å²) in [5, 5.41) is 5.62. The molecule has 0 fully saturated rings. The number of hydrogen-bond acceptors (Lipinski definition) is 2. The molecule has 5 nitrogen and oxygen atoms in total. The number of aromatic nitrogens is 1. The number of rotatable bonds is 4. The molecule has 0 radical (unpaired) electrons. The van der Waals surface area contributed by atoms with Gasteiger partial charge in [0.05, 0.1) is 5.69 Å². The highest BCUT2D eigenvalue weighted by Gasteiger charge is 2.07. The zero-order valence-electron chi connectivity index (χ0n) is 12.0. The lowest BCUT2D eigenvalue weighted by Gasteiger charge is -2.11. The molecular weight excluding hydrogens is 254 g/mol. The van der Waals surface area contributed by atoms with Gasteiger partial charge in [0.15, 0.2) is 0 Å². The number of amides is 2. The smallest absolute Gasteiger partial charge is 0.319 e. The van der Waals surface area contributed by atoms with Gasteiger partial charge in [-0.3, -0.25) is 4.79 Å². The van der Waals surface area contributed by atoms with E-state index in [-0.39, 0.29) is 11.6 Å². The van der Waals surface area contributed by atoms with Crippen LogP contribution in [0.15, 0.2) is 28.7 Å². The fraction of sp³-hybridized carbons (Fsp3) is 0.467. The van der Waals surface area contributed by atoms with Crippen molar-refractivity contribution in [1.29, 1.82) is 0 Å². The molecule has 2 rings (SSSR count). The predicted molar refractivity (Wildman–Crippen MR) is 80.0 cm³/mol. The molecule has 0 spiro atoms. The highest BCUT2D eigenvalue weighted by atomic mass is 16.2. The molecule has 2 amide bonds. The minimum atomic E-state index is -0.231. The average Bonchev–Trinajstić information content (AvgIpc) is 2.89. The predicted octanol–water partition coefficient (Wildman–Crippen LogP) is 2.32. The van der Waals surface area contributed by atoms with E-state index in [2.05, 4.69) is 16.7 Å². The van der Waals surface area contributed by atoms with Crippen LogP contribution in [0.5, 0.6) is 0 Å². The third-order valence-corrected chi connectivity index (χ3v) is 3.55. The summed E-state index contributed by atoms with van der Waals surface area (Å²) < 4.78 is 1.45. The van der Waals surface area contributed by atoms with Gasteiger partial charge in [0.1, 0.15) is 0 Å². The summed E-state index contributed by atoms with van der Waals surface area (Å²) in [6.07, 6.45) is 8.37. The molecule has 108 valence electrons. The van der Waals surface area contributed by atoms with Crippen LogP contribution in [-0.2, 0) is 7.05 Å². The van der Waals surface area contributed by atoms with Crippen LogP contribution >= 0.6 is 0 Å². The van der Waals surface area contributed by atoms with Crippen LogP contribution in [0.1, 0.15) is 31.2 Å². The Morgan fingerprint density at radius 3 is 2.95 bits per heavy atom. The molecule has 20 heavy (non-hydrogen) atoms. The first kappa shape index (κ1) is 14.4. The number of aryl methyl sites for hydroxylation is 2. The number of nitrogens with one attached hydrogen (secondary N) is 2. The molecule has 1 aromatic heterocycles. The topological polar surface area (TPSA) is 63.1 Å². The molecule has 1 aliphatic rings. The van der Waals surface area contributed by atoms with Crippen LogP contribution in [0.3, 0.4) is 0 Å². The van der Waals surface area contributed by atoms with Gasteiger partial charge in [0.2, 0.25) is 0 Å². The lowest BCUT2D eigenvalue weighted by atomic mass is 10.2. The normalized spacial score (nSPS) is 14.0. The van der Waals surface area contributed by atoms with Gasteiger partial charge in [0.25, 0.3) is 5.56 Å². The second kappa shape index (κ2) is 6.41. The lowest BCUT2D eigenvalue weighted by Crippen LogP contribution is -2.30. The Morgan fingerprint density at radius 2 is 2.25 bits per heavy atom. The van der Waals surface area contributed by atoms with E-state index in [4.69, 9.17) is 0 Å². The van der Waals surface area contributed by atoms with Crippen LogP contribution in [0, 0.1) is 6.92 Å². The van der Waals surface area contributed by atoms with Crippen LogP contribution in [0.4, 0.5) is 10.5 Å². The second-order valence-corrected chi connectivity index (χ2v) is 5.20. The first-order valence-corrected chi connectivity index (χ1v) is 6.96. The third kappa shape index (κ3) is 3.73. The summed E-state index contributed by atoms with van der Waals surface area (Å²) in [5.74, 6) is 0. The molecule has 0 saturated carbocycles. The molecule has 0 aliphatic heterocycles. The van der Waals surface area contributed by atoms with Crippen molar-refractivity contribution in [1.82, 2.24) is 9.88 Å². The first-order valence-electron chi connectivity index (χ1n) is 6.96. The summed E-state index contributed by atoms with van der Waals surface area (Å²) in [7, 11) is 1.66. The zero-order chi connectivity index (χ0) is 14.5. The minimum absolute atomic E-state index is 0.0818. The van der Waals surface area contributed by atoms with Crippen LogP contribution < -0.4 is 16.2 Å². The summed E-state index contributed by atoms with van der Waals surface area (Å²) in [4.78, 5) is 23.2. The van der Waals surface area contributed by atoms with Gasteiger partial charge in [-0.25, -0.2) is 4.79 Å². The Morgan fingerprint density at radius 1 is 1.45 bits per heavy atom. The number of carbonyl (C=O) groups is 1. The Labute approximate surface area is 118 Å². The van der Waals surface area contributed by atoms with Crippen molar-refractivity contribution in [2.24, 2.45) is 7.05 Å². The molecule has 5 heteroatoms. The van der Waals surface area contributed by atoms with E-state index in [1.165, 1.54) is 29.0 Å². The fourth-order valence-corrected chi connectivity index (χ4v) is 2.32. The van der Waals surface area contributed by atoms with Crippen LogP contribution in [-0.4, -0.2) is 17.1 Å². The minimum Gasteiger partial charge on any atom is -0.338 e. The number of hydrogen-bond donors (Lipinski definition) is 2. The van der Waals surface area contributed by atoms with Gasteiger partial charge >= 0.3 is 6.03 Å². The summed E-state index contributed by atoms with van der Waals surface area (Å²) in [6.45, 7) is 2.45. The van der Waals surface area contributed by atoms with Crippen molar-refractivity contribution in [3.05, 3.63) is 39.8 Å². The summed E-state index contributed by atoms with van der Waals surface area (Å²) >= 11 is 0. The quantitative estimate of drug-likeness (QED) is 0.828. The monoisotopic (exact) mass is 275 g/mol. The van der Waals surface area contributed by atoms with Crippen molar-refractivity contribution in [3.63, 3.8) is 0 Å². The number of pyridine rings is 1. The van der Waals surface area contributed by atoms with Gasteiger partial charge in [-0.15, -0.1) is 0 Å². The van der Waals surface area contributed by atoms with Gasteiger partial charge in [-0.2, -0.15) is 0 Å². The van der Waals surface area contributed by atoms with Crippen LogP contribution in [0.25, 0.3) is 0 Å². The van der Waals surface area contributed by atoms with Crippen molar-refractivity contribution >= 4 is 11.7 Å². The second-order valence-electron chi connectivity index (χ2n) is 5.20. The van der Waals surface area contributed by atoms with E-state index in [1.54, 1.807) is 20.2 Å². The van der Waals surface area contributed by atoms with E-state index >= 15 is 0 Å². The average molecular weight is 275 g/mol. The van der Waals surface area contributed by atoms with E-state index < -0.39 is 0 Å². The van der Waals surface area contributed by atoms with Gasteiger partial charge in [-0.05, 0) is 38.2 Å². The maximum absolute atomic E-state index is 11.8. The summed E-state index contributed by atoms with van der Waals surface area (Å²) in [6, 6.07) is 1.28. The number of allylic oxidation sites excluding steroid dienone is 1. The highest BCUT2D eigenvalue weighted by molar-refractivity contribution is 5.89. The van der Waals surface area contributed by atoms with Gasteiger partial charge in [0, 0.05) is 25.9 Å². The Kier molecular flexibility index (Phi) is 4.61. The van der Waals surface area contributed by atoms with Crippen molar-refractivity contribution in [2.45, 2.75) is 32.6 Å². The molecule has 1 aliphatic carbocycles. The summed E-state index contributed by atoms with van der Waals surface area (Å²) in [5.41, 5.74) is 2.77. The molecule has 0 atom stereocenters. The molecule has 0 aromatic carbocycles. The number of urea groups is 1. The highest BCUT2D eigenvalue weighted by Crippen LogP contribution is 2.19. The van der Waals surface area contributed by atoms with E-state index in [1.807, 2.05) is 0 Å². The lowest BCUT2D eigenvalue weighted by molar-refractivity contribution is 0.252. The van der Waals surface area contributed by atoms with Gasteiger partial charge in [-0.1, -0.05) is 11.6 Å². The van der Waals surface area contributed by atoms with E-state index in [9.17, 15) is 9.59 Å². The zero-order valence-corrected chi connectivity index (χ0v) is 12.0. The molecule has 0 saturated heterocycles. The first-order chi connectivity index (χ1) is 9.56. The molecular formula is C15H21N3O2. The third-order valence-electron chi connectivity index (χ3n) is 3.55. The standard InChI is InChI=1S/C15H21N3O2/c1-11-9-14(19)18(2)10-13(11)17-15(20)16-8-7-12-5-3-4-6-12/h5,9-10H,3-4,6-8H2,1-2H3,(H2,16,17,20). The van der Waals surface area contributed by atoms with E-state index in [0.29, 0.717) is 12.2 Å². The van der Waals surface area contributed by atoms with Crippen molar-refractivity contribution in [3.8, 4) is 0 Å². The fourth-order valence-electron chi connectivity index (χ4n) is 2.32. The van der Waals surface area contributed by atoms with Crippen molar-refractivity contribution < 1.29 is 4.79 Å². The molecule has 1 heterocycles. The van der Waals surface area contributed by atoms with E-state index in [0.717, 1.165) is 18.4 Å². The Hall–Kier alpha value is -2.04. The van der Waals surface area contributed by atoms with Gasteiger partial charge < -0.3 is 15.2 Å².